The highest BCUT2D eigenvalue weighted by atomic mass is 32.1. The van der Waals surface area contributed by atoms with Crippen molar-refractivity contribution in [3.05, 3.63) is 82.8 Å². The predicted octanol–water partition coefficient (Wildman–Crippen LogP) is 4.50. The summed E-state index contributed by atoms with van der Waals surface area (Å²) in [6, 6.07) is 15.2. The van der Waals surface area contributed by atoms with Crippen molar-refractivity contribution in [3.63, 3.8) is 0 Å². The van der Waals surface area contributed by atoms with Crippen molar-refractivity contribution in [3.8, 4) is 17.2 Å². The maximum atomic E-state index is 12.8. The lowest BCUT2D eigenvalue weighted by atomic mass is 10.1. The zero-order valence-corrected chi connectivity index (χ0v) is 18.6. The number of para-hydroxylation sites is 1. The van der Waals surface area contributed by atoms with Crippen LogP contribution in [0.25, 0.3) is 0 Å². The fraction of sp³-hybridized carbons (Fsp3) is 0.250. The number of rotatable bonds is 11. The Morgan fingerprint density at radius 2 is 1.81 bits per heavy atom. The summed E-state index contributed by atoms with van der Waals surface area (Å²) in [5, 5.41) is 2.75. The van der Waals surface area contributed by atoms with Gasteiger partial charge in [0.25, 0.3) is 0 Å². The SMILES string of the molecule is C=CCN(Cc1csc(COc2c(OC)cccc2OC)n1)C(=O)Cc1ccccc1. The maximum absolute atomic E-state index is 12.8. The first-order chi connectivity index (χ1) is 15.1. The molecule has 1 amide bonds. The number of nitrogens with zero attached hydrogens (tertiary/aromatic N) is 2. The molecule has 162 valence electrons. The Hall–Kier alpha value is -3.32. The molecule has 0 aliphatic carbocycles. The van der Waals surface area contributed by atoms with Crippen molar-refractivity contribution in [1.29, 1.82) is 0 Å². The largest absolute Gasteiger partial charge is 0.493 e. The molecule has 3 aromatic rings. The lowest BCUT2D eigenvalue weighted by Gasteiger charge is -2.20. The standard InChI is InChI=1S/C24H26N2O4S/c1-4-13-26(23(27)14-18-9-6-5-7-10-18)15-19-17-31-22(25-19)16-30-24-20(28-2)11-8-12-21(24)29-3/h4-12,17H,1,13-16H2,2-3H3. The van der Waals surface area contributed by atoms with E-state index in [1.54, 1.807) is 25.2 Å². The van der Waals surface area contributed by atoms with Crippen LogP contribution >= 0.6 is 11.3 Å². The van der Waals surface area contributed by atoms with Gasteiger partial charge >= 0.3 is 0 Å². The summed E-state index contributed by atoms with van der Waals surface area (Å²) in [5.41, 5.74) is 1.80. The smallest absolute Gasteiger partial charge is 0.227 e. The number of hydrogen-bond donors (Lipinski definition) is 0. The molecule has 0 aliphatic rings. The first-order valence-corrected chi connectivity index (χ1v) is 10.7. The number of hydrogen-bond acceptors (Lipinski definition) is 6. The van der Waals surface area contributed by atoms with Gasteiger partial charge in [-0.1, -0.05) is 42.5 Å². The van der Waals surface area contributed by atoms with Gasteiger partial charge in [0.2, 0.25) is 11.7 Å². The minimum Gasteiger partial charge on any atom is -0.493 e. The van der Waals surface area contributed by atoms with Gasteiger partial charge in [-0.05, 0) is 17.7 Å². The minimum absolute atomic E-state index is 0.0376. The van der Waals surface area contributed by atoms with Crippen molar-refractivity contribution in [2.75, 3.05) is 20.8 Å². The van der Waals surface area contributed by atoms with E-state index < -0.39 is 0 Å². The molecule has 31 heavy (non-hydrogen) atoms. The fourth-order valence-corrected chi connectivity index (χ4v) is 3.77. The first kappa shape index (κ1) is 22.4. The lowest BCUT2D eigenvalue weighted by molar-refractivity contribution is -0.130. The molecule has 3 rings (SSSR count). The molecule has 2 aromatic carbocycles. The van der Waals surface area contributed by atoms with Crippen LogP contribution in [0.15, 0.2) is 66.6 Å². The van der Waals surface area contributed by atoms with Crippen molar-refractivity contribution < 1.29 is 19.0 Å². The van der Waals surface area contributed by atoms with Gasteiger partial charge in [0.05, 0.1) is 32.9 Å². The average Bonchev–Trinajstić information content (AvgIpc) is 3.25. The van der Waals surface area contributed by atoms with E-state index in [4.69, 9.17) is 14.2 Å². The summed E-state index contributed by atoms with van der Waals surface area (Å²) in [7, 11) is 3.17. The second-order valence-electron chi connectivity index (χ2n) is 6.74. The molecule has 1 heterocycles. The molecule has 0 aliphatic heterocycles. The Balaban J connectivity index is 1.64. The molecule has 0 bridgehead atoms. The predicted molar refractivity (Wildman–Crippen MR) is 122 cm³/mol. The Morgan fingerprint density at radius 3 is 2.45 bits per heavy atom. The van der Waals surface area contributed by atoms with E-state index in [0.717, 1.165) is 16.3 Å². The summed E-state index contributed by atoms with van der Waals surface area (Å²) in [6.45, 7) is 4.94. The molecule has 1 aromatic heterocycles. The highest BCUT2D eigenvalue weighted by Crippen LogP contribution is 2.37. The highest BCUT2D eigenvalue weighted by Gasteiger charge is 2.16. The van der Waals surface area contributed by atoms with Crippen molar-refractivity contribution in [2.24, 2.45) is 0 Å². The number of carbonyl (C=O) groups excluding carboxylic acids is 1. The van der Waals surface area contributed by atoms with Gasteiger partial charge in [-0.25, -0.2) is 4.98 Å². The second kappa shape index (κ2) is 11.2. The number of amides is 1. The van der Waals surface area contributed by atoms with E-state index in [1.165, 1.54) is 11.3 Å². The van der Waals surface area contributed by atoms with Gasteiger partial charge in [0, 0.05) is 11.9 Å². The van der Waals surface area contributed by atoms with E-state index in [9.17, 15) is 4.79 Å². The number of thiazole rings is 1. The third-order valence-electron chi connectivity index (χ3n) is 4.58. The highest BCUT2D eigenvalue weighted by molar-refractivity contribution is 7.09. The molecule has 0 N–H and O–H groups in total. The van der Waals surface area contributed by atoms with Crippen LogP contribution in [-0.2, 0) is 24.4 Å². The zero-order valence-electron chi connectivity index (χ0n) is 17.7. The van der Waals surface area contributed by atoms with Crippen molar-refractivity contribution in [2.45, 2.75) is 19.6 Å². The number of aromatic nitrogens is 1. The third kappa shape index (κ3) is 6.08. The Kier molecular flexibility index (Phi) is 8.06. The summed E-state index contributed by atoms with van der Waals surface area (Å²) < 4.78 is 16.7. The minimum atomic E-state index is 0.0376. The van der Waals surface area contributed by atoms with Gasteiger partial charge in [-0.2, -0.15) is 0 Å². The Morgan fingerprint density at radius 1 is 1.10 bits per heavy atom. The van der Waals surface area contributed by atoms with Gasteiger partial charge in [0.1, 0.15) is 11.6 Å². The number of carbonyl (C=O) groups is 1. The second-order valence-corrected chi connectivity index (χ2v) is 7.68. The van der Waals surface area contributed by atoms with Crippen LogP contribution in [0.3, 0.4) is 0 Å². The van der Waals surface area contributed by atoms with Crippen LogP contribution in [0.4, 0.5) is 0 Å². The number of ether oxygens (including phenoxy) is 3. The molecule has 0 saturated heterocycles. The molecule has 0 radical (unpaired) electrons. The quantitative estimate of drug-likeness (QED) is 0.413. The summed E-state index contributed by atoms with van der Waals surface area (Å²) in [6.07, 6.45) is 2.08. The molecule has 0 unspecified atom stereocenters. The Labute approximate surface area is 186 Å². The van der Waals surface area contributed by atoms with Crippen LogP contribution in [0.1, 0.15) is 16.3 Å². The summed E-state index contributed by atoms with van der Waals surface area (Å²) in [4.78, 5) is 19.2. The first-order valence-electron chi connectivity index (χ1n) is 9.84. The van der Waals surface area contributed by atoms with Crippen LogP contribution in [-0.4, -0.2) is 36.6 Å². The van der Waals surface area contributed by atoms with Gasteiger partial charge in [-0.3, -0.25) is 4.79 Å². The number of benzene rings is 2. The lowest BCUT2D eigenvalue weighted by Crippen LogP contribution is -2.32. The topological polar surface area (TPSA) is 60.9 Å². The molecule has 6 nitrogen and oxygen atoms in total. The maximum Gasteiger partial charge on any atom is 0.227 e. The summed E-state index contributed by atoms with van der Waals surface area (Å²) in [5.74, 6) is 1.77. The summed E-state index contributed by atoms with van der Waals surface area (Å²) >= 11 is 1.49. The molecule has 0 atom stereocenters. The van der Waals surface area contributed by atoms with E-state index in [0.29, 0.717) is 36.8 Å². The molecule has 0 fully saturated rings. The molecule has 0 spiro atoms. The molecular formula is C24H26N2O4S. The normalized spacial score (nSPS) is 10.4. The van der Waals surface area contributed by atoms with E-state index in [-0.39, 0.29) is 12.5 Å². The van der Waals surface area contributed by atoms with Crippen LogP contribution < -0.4 is 14.2 Å². The number of methoxy groups -OCH3 is 2. The molecular weight excluding hydrogens is 412 g/mol. The van der Waals surface area contributed by atoms with E-state index >= 15 is 0 Å². The van der Waals surface area contributed by atoms with Crippen LogP contribution in [0.5, 0.6) is 17.2 Å². The van der Waals surface area contributed by atoms with Crippen molar-refractivity contribution in [1.82, 2.24) is 9.88 Å². The van der Waals surface area contributed by atoms with Crippen LogP contribution in [0, 0.1) is 0 Å². The van der Waals surface area contributed by atoms with Crippen molar-refractivity contribution >= 4 is 17.2 Å². The van der Waals surface area contributed by atoms with E-state index in [1.807, 2.05) is 53.9 Å². The third-order valence-corrected chi connectivity index (χ3v) is 5.45. The zero-order chi connectivity index (χ0) is 22.1. The molecule has 0 saturated carbocycles. The van der Waals surface area contributed by atoms with E-state index in [2.05, 4.69) is 11.6 Å². The fourth-order valence-electron chi connectivity index (χ4n) is 3.07. The molecule has 7 heteroatoms. The van der Waals surface area contributed by atoms with Crippen LogP contribution in [0.2, 0.25) is 0 Å². The van der Waals surface area contributed by atoms with Gasteiger partial charge < -0.3 is 19.1 Å². The van der Waals surface area contributed by atoms with Gasteiger partial charge in [0.15, 0.2) is 11.5 Å². The average molecular weight is 439 g/mol. The van der Waals surface area contributed by atoms with Gasteiger partial charge in [-0.15, -0.1) is 17.9 Å². The monoisotopic (exact) mass is 438 g/mol. The Bertz CT molecular complexity index is 982.